The zero-order chi connectivity index (χ0) is 21.7. The maximum atomic E-state index is 12.5. The van der Waals surface area contributed by atoms with E-state index in [0.29, 0.717) is 16.5 Å². The van der Waals surface area contributed by atoms with Crippen LogP contribution in [0.3, 0.4) is 0 Å². The van der Waals surface area contributed by atoms with E-state index in [1.807, 2.05) is 25.1 Å². The molecule has 1 aliphatic carbocycles. The minimum Gasteiger partial charge on any atom is -0.322 e. The normalized spacial score (nSPS) is 16.8. The number of benzene rings is 2. The Labute approximate surface area is 186 Å². The first-order valence-electron chi connectivity index (χ1n) is 10.8. The summed E-state index contributed by atoms with van der Waals surface area (Å²) in [7, 11) is 4.33. The van der Waals surface area contributed by atoms with E-state index in [1.54, 1.807) is 12.1 Å². The number of rotatable bonds is 7. The van der Waals surface area contributed by atoms with E-state index in [2.05, 4.69) is 49.1 Å². The molecule has 0 aromatic heterocycles. The van der Waals surface area contributed by atoms with Crippen molar-refractivity contribution in [2.24, 2.45) is 5.92 Å². The number of aryl methyl sites for hydroxylation is 1. The van der Waals surface area contributed by atoms with E-state index in [9.17, 15) is 4.79 Å². The third-order valence-electron chi connectivity index (χ3n) is 6.63. The molecular weight excluding hydrogens is 392 g/mol. The molecule has 1 N–H and O–H groups in total. The lowest BCUT2D eigenvalue weighted by atomic mass is 9.71. The molecule has 1 aliphatic rings. The summed E-state index contributed by atoms with van der Waals surface area (Å²) in [6, 6.07) is 13.6. The third kappa shape index (κ3) is 4.96. The Hall–Kier alpha value is -2.10. The van der Waals surface area contributed by atoms with Crippen LogP contribution in [-0.2, 0) is 6.42 Å². The topological polar surface area (TPSA) is 32.3 Å². The van der Waals surface area contributed by atoms with Gasteiger partial charge in [0.15, 0.2) is 0 Å². The SMILES string of the molecule is C=CC(Cc1ccc(NC(=O)c2ccc(C)c(Cl)c2)cc1)(C1CCCCC1)N(C)C. The van der Waals surface area contributed by atoms with Crippen molar-refractivity contribution in [3.05, 3.63) is 76.8 Å². The Morgan fingerprint density at radius 1 is 1.17 bits per heavy atom. The summed E-state index contributed by atoms with van der Waals surface area (Å²) in [5.41, 5.74) is 3.52. The van der Waals surface area contributed by atoms with Crippen molar-refractivity contribution in [3.8, 4) is 0 Å². The highest BCUT2D eigenvalue weighted by Gasteiger charge is 2.38. The van der Waals surface area contributed by atoms with E-state index in [-0.39, 0.29) is 11.4 Å². The average Bonchev–Trinajstić information content (AvgIpc) is 2.75. The Bertz CT molecular complexity index is 884. The zero-order valence-electron chi connectivity index (χ0n) is 18.4. The summed E-state index contributed by atoms with van der Waals surface area (Å²) in [5.74, 6) is 0.477. The summed E-state index contributed by atoms with van der Waals surface area (Å²) in [6.45, 7) is 6.14. The molecule has 0 bridgehead atoms. The van der Waals surface area contributed by atoms with Gasteiger partial charge in [-0.1, -0.05) is 55.1 Å². The first-order valence-corrected chi connectivity index (χ1v) is 11.2. The molecule has 1 fully saturated rings. The molecule has 0 aliphatic heterocycles. The van der Waals surface area contributed by atoms with Crippen LogP contribution in [0.5, 0.6) is 0 Å². The molecule has 1 atom stereocenters. The quantitative estimate of drug-likeness (QED) is 0.514. The molecule has 0 saturated heterocycles. The van der Waals surface area contributed by atoms with E-state index in [0.717, 1.165) is 17.7 Å². The second-order valence-electron chi connectivity index (χ2n) is 8.72. The molecule has 0 heterocycles. The van der Waals surface area contributed by atoms with Gasteiger partial charge in [-0.3, -0.25) is 9.69 Å². The number of likely N-dealkylation sites (N-methyl/N-ethyl adjacent to an activating group) is 1. The molecule has 3 rings (SSSR count). The smallest absolute Gasteiger partial charge is 0.255 e. The van der Waals surface area contributed by atoms with Gasteiger partial charge in [-0.2, -0.15) is 0 Å². The maximum Gasteiger partial charge on any atom is 0.255 e. The molecule has 4 heteroatoms. The Morgan fingerprint density at radius 2 is 1.83 bits per heavy atom. The van der Waals surface area contributed by atoms with Gasteiger partial charge in [-0.25, -0.2) is 0 Å². The standard InChI is InChI=1S/C26H33ClN2O/c1-5-26(29(3)4,22-9-7-6-8-10-22)18-20-12-15-23(16-13-20)28-25(30)21-14-11-19(2)24(27)17-21/h5,11-17,22H,1,6-10,18H2,2-4H3,(H,28,30). The van der Waals surface area contributed by atoms with Crippen LogP contribution in [0.25, 0.3) is 0 Å². The number of hydrogen-bond donors (Lipinski definition) is 1. The second kappa shape index (κ2) is 9.80. The van der Waals surface area contributed by atoms with Gasteiger partial charge in [0, 0.05) is 21.8 Å². The molecule has 1 amide bonds. The number of nitrogens with zero attached hydrogens (tertiary/aromatic N) is 1. The van der Waals surface area contributed by atoms with E-state index < -0.39 is 0 Å². The highest BCUT2D eigenvalue weighted by atomic mass is 35.5. The van der Waals surface area contributed by atoms with Crippen molar-refractivity contribution in [3.63, 3.8) is 0 Å². The molecule has 1 unspecified atom stereocenters. The highest BCUT2D eigenvalue weighted by Crippen LogP contribution is 2.39. The van der Waals surface area contributed by atoms with Crippen LogP contribution in [0.2, 0.25) is 5.02 Å². The predicted octanol–water partition coefficient (Wildman–Crippen LogP) is 6.51. The van der Waals surface area contributed by atoms with Crippen molar-refractivity contribution in [1.82, 2.24) is 4.90 Å². The highest BCUT2D eigenvalue weighted by molar-refractivity contribution is 6.31. The second-order valence-corrected chi connectivity index (χ2v) is 9.12. The average molecular weight is 425 g/mol. The van der Waals surface area contributed by atoms with Gasteiger partial charge >= 0.3 is 0 Å². The van der Waals surface area contributed by atoms with Crippen molar-refractivity contribution in [1.29, 1.82) is 0 Å². The van der Waals surface area contributed by atoms with Crippen LogP contribution in [0.1, 0.15) is 53.6 Å². The number of halogens is 1. The predicted molar refractivity (Wildman–Crippen MR) is 127 cm³/mol. The zero-order valence-corrected chi connectivity index (χ0v) is 19.1. The number of anilines is 1. The van der Waals surface area contributed by atoms with Crippen LogP contribution in [0.4, 0.5) is 5.69 Å². The lowest BCUT2D eigenvalue weighted by molar-refractivity contribution is 0.0987. The molecule has 1 saturated carbocycles. The molecule has 0 spiro atoms. The summed E-state index contributed by atoms with van der Waals surface area (Å²) in [4.78, 5) is 14.9. The third-order valence-corrected chi connectivity index (χ3v) is 7.04. The van der Waals surface area contributed by atoms with Gasteiger partial charge < -0.3 is 5.32 Å². The molecule has 30 heavy (non-hydrogen) atoms. The maximum absolute atomic E-state index is 12.5. The minimum atomic E-state index is -0.152. The van der Waals surface area contributed by atoms with Crippen LogP contribution in [-0.4, -0.2) is 30.4 Å². The van der Waals surface area contributed by atoms with Crippen molar-refractivity contribution in [2.75, 3.05) is 19.4 Å². The van der Waals surface area contributed by atoms with Crippen molar-refractivity contribution >= 4 is 23.2 Å². The summed E-state index contributed by atoms with van der Waals surface area (Å²) in [5, 5.41) is 3.57. The van der Waals surface area contributed by atoms with Gasteiger partial charge in [0.05, 0.1) is 0 Å². The Kier molecular flexibility index (Phi) is 7.38. The van der Waals surface area contributed by atoms with Gasteiger partial charge in [0.1, 0.15) is 0 Å². The van der Waals surface area contributed by atoms with Crippen LogP contribution >= 0.6 is 11.6 Å². The monoisotopic (exact) mass is 424 g/mol. The minimum absolute atomic E-state index is 0.0379. The number of carbonyl (C=O) groups excluding carboxylic acids is 1. The summed E-state index contributed by atoms with van der Waals surface area (Å²) < 4.78 is 0. The lowest BCUT2D eigenvalue weighted by Crippen LogP contribution is -2.51. The summed E-state index contributed by atoms with van der Waals surface area (Å²) >= 11 is 6.15. The molecule has 0 radical (unpaired) electrons. The molecule has 2 aromatic rings. The first-order chi connectivity index (χ1) is 14.4. The first kappa shape index (κ1) is 22.6. The van der Waals surface area contributed by atoms with Gasteiger partial charge in [0.25, 0.3) is 5.91 Å². The molecule has 2 aromatic carbocycles. The number of hydrogen-bond acceptors (Lipinski definition) is 2. The van der Waals surface area contributed by atoms with Gasteiger partial charge in [0.2, 0.25) is 0 Å². The van der Waals surface area contributed by atoms with Crippen LogP contribution < -0.4 is 5.32 Å². The number of amides is 1. The van der Waals surface area contributed by atoms with Gasteiger partial charge in [-0.05, 0) is 81.6 Å². The largest absolute Gasteiger partial charge is 0.322 e. The molecule has 3 nitrogen and oxygen atoms in total. The van der Waals surface area contributed by atoms with E-state index in [4.69, 9.17) is 11.6 Å². The fraction of sp³-hybridized carbons (Fsp3) is 0.423. The number of carbonyl (C=O) groups is 1. The van der Waals surface area contributed by atoms with E-state index in [1.165, 1.54) is 37.7 Å². The van der Waals surface area contributed by atoms with E-state index >= 15 is 0 Å². The van der Waals surface area contributed by atoms with Crippen molar-refractivity contribution < 1.29 is 4.79 Å². The Morgan fingerprint density at radius 3 is 2.40 bits per heavy atom. The molecule has 160 valence electrons. The fourth-order valence-electron chi connectivity index (χ4n) is 4.66. The van der Waals surface area contributed by atoms with Gasteiger partial charge in [-0.15, -0.1) is 6.58 Å². The van der Waals surface area contributed by atoms with Crippen LogP contribution in [0, 0.1) is 12.8 Å². The fourth-order valence-corrected chi connectivity index (χ4v) is 4.84. The Balaban J connectivity index is 1.72. The van der Waals surface area contributed by atoms with Crippen LogP contribution in [0.15, 0.2) is 55.1 Å². The number of nitrogens with one attached hydrogen (secondary N) is 1. The summed E-state index contributed by atoms with van der Waals surface area (Å²) in [6.07, 6.45) is 9.56. The lowest BCUT2D eigenvalue weighted by Gasteiger charge is -2.46. The van der Waals surface area contributed by atoms with Crippen molar-refractivity contribution in [2.45, 2.75) is 51.0 Å². The molecular formula is C26H33ClN2O.